The summed E-state index contributed by atoms with van der Waals surface area (Å²) < 4.78 is 0. The fraction of sp³-hybridized carbons (Fsp3) is 0.389. The van der Waals surface area contributed by atoms with Gasteiger partial charge in [0, 0.05) is 4.88 Å². The molecule has 5 nitrogen and oxygen atoms in total. The Labute approximate surface area is 154 Å². The maximum Gasteiger partial charge on any atom is 0.236 e. The van der Waals surface area contributed by atoms with Crippen molar-refractivity contribution < 1.29 is 4.79 Å². The van der Waals surface area contributed by atoms with Gasteiger partial charge in [0.1, 0.15) is 5.82 Å². The van der Waals surface area contributed by atoms with Crippen LogP contribution in [0, 0.1) is 0 Å². The highest BCUT2D eigenvalue weighted by Crippen LogP contribution is 2.31. The monoisotopic (exact) mass is 372 g/mol. The molecule has 0 radical (unpaired) electrons. The smallest absolute Gasteiger partial charge is 0.236 e. The van der Waals surface area contributed by atoms with Gasteiger partial charge in [0.2, 0.25) is 5.91 Å². The van der Waals surface area contributed by atoms with E-state index in [2.05, 4.69) is 27.2 Å². The van der Waals surface area contributed by atoms with Gasteiger partial charge in [-0.25, -0.2) is 9.97 Å². The third kappa shape index (κ3) is 3.72. The normalized spacial score (nSPS) is 15.1. The van der Waals surface area contributed by atoms with Gasteiger partial charge in [-0.1, -0.05) is 12.1 Å². The zero-order valence-electron chi connectivity index (χ0n) is 14.0. The first-order chi connectivity index (χ1) is 12.2. The molecule has 1 aliphatic rings. The summed E-state index contributed by atoms with van der Waals surface area (Å²) in [5.41, 5.74) is 3.17. The number of imidazole rings is 1. The van der Waals surface area contributed by atoms with Gasteiger partial charge in [0.25, 0.3) is 0 Å². The minimum atomic E-state index is -0.000872. The van der Waals surface area contributed by atoms with E-state index in [-0.39, 0.29) is 11.2 Å². The number of thiazole rings is 1. The van der Waals surface area contributed by atoms with Crippen molar-refractivity contribution in [2.75, 3.05) is 11.1 Å². The van der Waals surface area contributed by atoms with E-state index in [0.29, 0.717) is 5.75 Å². The number of aromatic nitrogens is 3. The average Bonchev–Trinajstić information content (AvgIpc) is 3.22. The number of carbonyl (C=O) groups is 1. The van der Waals surface area contributed by atoms with E-state index < -0.39 is 0 Å². The van der Waals surface area contributed by atoms with Crippen molar-refractivity contribution in [3.05, 3.63) is 40.7 Å². The lowest BCUT2D eigenvalue weighted by atomic mass is 10.0. The van der Waals surface area contributed by atoms with Crippen LogP contribution in [-0.2, 0) is 17.6 Å². The number of H-pyrrole nitrogens is 1. The number of fused-ring (bicyclic) bond motifs is 2. The average molecular weight is 373 g/mol. The Morgan fingerprint density at radius 2 is 2.16 bits per heavy atom. The van der Waals surface area contributed by atoms with Crippen molar-refractivity contribution in [1.29, 1.82) is 0 Å². The Balaban J connectivity index is 1.34. The molecule has 1 amide bonds. The number of amides is 1. The van der Waals surface area contributed by atoms with Gasteiger partial charge in [-0.15, -0.1) is 23.1 Å². The molecule has 1 aliphatic carbocycles. The minimum Gasteiger partial charge on any atom is -0.341 e. The highest BCUT2D eigenvalue weighted by molar-refractivity contribution is 8.00. The van der Waals surface area contributed by atoms with Crippen LogP contribution in [-0.4, -0.2) is 26.6 Å². The summed E-state index contributed by atoms with van der Waals surface area (Å²) >= 11 is 3.20. The van der Waals surface area contributed by atoms with E-state index >= 15 is 0 Å². The lowest BCUT2D eigenvalue weighted by Gasteiger charge is -2.07. The Bertz CT molecular complexity index is 845. The van der Waals surface area contributed by atoms with Crippen LogP contribution in [0.5, 0.6) is 0 Å². The molecule has 3 aromatic rings. The number of thioether (sulfide) groups is 1. The molecule has 0 saturated carbocycles. The third-order valence-electron chi connectivity index (χ3n) is 4.35. The minimum absolute atomic E-state index is 0.000872. The molecule has 0 fully saturated rings. The van der Waals surface area contributed by atoms with E-state index in [1.165, 1.54) is 23.4 Å². The molecular formula is C18H20N4OS2. The van der Waals surface area contributed by atoms with E-state index in [4.69, 9.17) is 0 Å². The summed E-state index contributed by atoms with van der Waals surface area (Å²) in [6.45, 7) is 2.07. The molecule has 4 rings (SSSR count). The number of carbonyl (C=O) groups excluding carboxylic acids is 1. The van der Waals surface area contributed by atoms with Crippen molar-refractivity contribution in [2.45, 2.75) is 37.9 Å². The standard InChI is InChI=1S/C18H20N4OS2/c1-11(17-19-12-6-2-3-7-13(12)20-17)24-10-16(23)22-18-21-14-8-4-5-9-15(14)25-18/h2-3,6-7,11H,4-5,8-10H2,1H3,(H,19,20)(H,21,22,23)/t11-/m1/s1. The van der Waals surface area contributed by atoms with Crippen molar-refractivity contribution in [1.82, 2.24) is 15.0 Å². The van der Waals surface area contributed by atoms with E-state index in [1.807, 2.05) is 24.3 Å². The second-order valence-corrected chi connectivity index (χ2v) is 8.65. The molecule has 1 aromatic carbocycles. The van der Waals surface area contributed by atoms with Crippen LogP contribution in [0.4, 0.5) is 5.13 Å². The summed E-state index contributed by atoms with van der Waals surface area (Å²) in [5.74, 6) is 1.30. The van der Waals surface area contributed by atoms with Crippen LogP contribution in [0.3, 0.4) is 0 Å². The number of nitrogens with one attached hydrogen (secondary N) is 2. The van der Waals surface area contributed by atoms with Gasteiger partial charge in [0.15, 0.2) is 5.13 Å². The molecule has 0 saturated heterocycles. The number of rotatable bonds is 5. The maximum absolute atomic E-state index is 12.2. The number of hydrogen-bond acceptors (Lipinski definition) is 5. The van der Waals surface area contributed by atoms with Gasteiger partial charge >= 0.3 is 0 Å². The lowest BCUT2D eigenvalue weighted by Crippen LogP contribution is -2.14. The van der Waals surface area contributed by atoms with Gasteiger partial charge in [-0.2, -0.15) is 0 Å². The van der Waals surface area contributed by atoms with Crippen LogP contribution in [0.25, 0.3) is 11.0 Å². The van der Waals surface area contributed by atoms with Crippen LogP contribution in [0.1, 0.15) is 41.4 Å². The Morgan fingerprint density at radius 1 is 1.32 bits per heavy atom. The van der Waals surface area contributed by atoms with Crippen molar-refractivity contribution >= 4 is 45.2 Å². The maximum atomic E-state index is 12.2. The van der Waals surface area contributed by atoms with Crippen LogP contribution in [0.15, 0.2) is 24.3 Å². The predicted octanol–water partition coefficient (Wildman–Crippen LogP) is 4.33. The third-order valence-corrected chi connectivity index (χ3v) is 6.57. The van der Waals surface area contributed by atoms with Gasteiger partial charge < -0.3 is 10.3 Å². The zero-order valence-corrected chi connectivity index (χ0v) is 15.7. The quantitative estimate of drug-likeness (QED) is 0.699. The Kier molecular flexibility index (Phi) is 4.76. The SMILES string of the molecule is C[C@@H](SCC(=O)Nc1nc2c(s1)CCCC2)c1nc2ccccc2[nH]1. The van der Waals surface area contributed by atoms with Crippen molar-refractivity contribution in [2.24, 2.45) is 0 Å². The number of aryl methyl sites for hydroxylation is 2. The van der Waals surface area contributed by atoms with Crippen LogP contribution < -0.4 is 5.32 Å². The summed E-state index contributed by atoms with van der Waals surface area (Å²) in [6, 6.07) is 7.97. The fourth-order valence-corrected chi connectivity index (χ4v) is 4.81. The number of para-hydroxylation sites is 2. The number of nitrogens with zero attached hydrogens (tertiary/aromatic N) is 2. The summed E-state index contributed by atoms with van der Waals surface area (Å²) in [5, 5.41) is 3.82. The number of anilines is 1. The molecule has 0 spiro atoms. The fourth-order valence-electron chi connectivity index (χ4n) is 3.01. The molecule has 2 heterocycles. The molecular weight excluding hydrogens is 352 g/mol. The summed E-state index contributed by atoms with van der Waals surface area (Å²) in [4.78, 5) is 26.1. The van der Waals surface area contributed by atoms with Crippen LogP contribution in [0.2, 0.25) is 0 Å². The molecule has 25 heavy (non-hydrogen) atoms. The van der Waals surface area contributed by atoms with E-state index in [0.717, 1.165) is 34.8 Å². The Hall–Kier alpha value is -1.86. The first-order valence-corrected chi connectivity index (χ1v) is 10.4. The van der Waals surface area contributed by atoms with Crippen LogP contribution >= 0.6 is 23.1 Å². The molecule has 1 atom stereocenters. The Morgan fingerprint density at radius 3 is 3.00 bits per heavy atom. The largest absolute Gasteiger partial charge is 0.341 e. The predicted molar refractivity (Wildman–Crippen MR) is 104 cm³/mol. The molecule has 2 aromatic heterocycles. The van der Waals surface area contributed by atoms with E-state index in [9.17, 15) is 4.79 Å². The first-order valence-electron chi connectivity index (χ1n) is 8.54. The molecule has 0 unspecified atom stereocenters. The first kappa shape index (κ1) is 16.6. The second kappa shape index (κ2) is 7.17. The van der Waals surface area contributed by atoms with Gasteiger partial charge in [-0.05, 0) is 44.7 Å². The lowest BCUT2D eigenvalue weighted by molar-refractivity contribution is -0.113. The molecule has 0 aliphatic heterocycles. The highest BCUT2D eigenvalue weighted by atomic mass is 32.2. The van der Waals surface area contributed by atoms with Crippen molar-refractivity contribution in [3.63, 3.8) is 0 Å². The van der Waals surface area contributed by atoms with Gasteiger partial charge in [0.05, 0.1) is 27.7 Å². The highest BCUT2D eigenvalue weighted by Gasteiger charge is 2.17. The molecule has 7 heteroatoms. The zero-order chi connectivity index (χ0) is 17.2. The summed E-state index contributed by atoms with van der Waals surface area (Å²) in [6.07, 6.45) is 4.57. The summed E-state index contributed by atoms with van der Waals surface area (Å²) in [7, 11) is 0. The second-order valence-electron chi connectivity index (χ2n) is 6.24. The van der Waals surface area contributed by atoms with Crippen molar-refractivity contribution in [3.8, 4) is 0 Å². The molecule has 0 bridgehead atoms. The molecule has 130 valence electrons. The van der Waals surface area contributed by atoms with Gasteiger partial charge in [-0.3, -0.25) is 4.79 Å². The molecule has 2 N–H and O–H groups in total. The number of hydrogen-bond donors (Lipinski definition) is 2. The van der Waals surface area contributed by atoms with E-state index in [1.54, 1.807) is 23.1 Å². The topological polar surface area (TPSA) is 70.7 Å². The number of aromatic amines is 1. The number of benzene rings is 1.